The molecule has 13 heteroatoms. The Kier molecular flexibility index (Phi) is 25.5. The average Bonchev–Trinajstić information content (AvgIpc) is 3.06. The molecule has 276 valence electrons. The first kappa shape index (κ1) is 43.6. The highest BCUT2D eigenvalue weighted by molar-refractivity contribution is 7.80. The lowest BCUT2D eigenvalue weighted by Gasteiger charge is -2.28. The Bertz CT molecular complexity index is 1010. The van der Waals surface area contributed by atoms with Crippen molar-refractivity contribution in [2.24, 2.45) is 0 Å². The number of benzene rings is 1. The minimum Gasteiger partial charge on any atom is -0.491 e. The highest BCUT2D eigenvalue weighted by Crippen LogP contribution is 2.41. The summed E-state index contributed by atoms with van der Waals surface area (Å²) >= 11 is 0. The van der Waals surface area contributed by atoms with Crippen molar-refractivity contribution in [3.05, 3.63) is 28.8 Å². The fraction of sp³-hybridized carbons (Fsp3) is 0.824. The Hall–Kier alpha value is -1.39. The molecule has 3 atom stereocenters. The van der Waals surface area contributed by atoms with Gasteiger partial charge in [0.2, 0.25) is 0 Å². The van der Waals surface area contributed by atoms with Crippen LogP contribution in [-0.2, 0) is 47.7 Å². The highest BCUT2D eigenvalue weighted by atomic mass is 32.3. The summed E-state index contributed by atoms with van der Waals surface area (Å²) in [5, 5.41) is 0. The molecule has 12 nitrogen and oxygen atoms in total. The van der Waals surface area contributed by atoms with Gasteiger partial charge in [-0.3, -0.25) is 4.55 Å². The molecule has 0 bridgehead atoms. The van der Waals surface area contributed by atoms with Crippen LogP contribution in [0.5, 0.6) is 5.75 Å². The summed E-state index contributed by atoms with van der Waals surface area (Å²) in [6.45, 7) is 19.8. The first-order valence-electron chi connectivity index (χ1n) is 17.1. The molecule has 0 aliphatic carbocycles. The number of hydrogen-bond donors (Lipinski definition) is 1. The molecule has 3 unspecified atom stereocenters. The van der Waals surface area contributed by atoms with Crippen LogP contribution in [-0.4, -0.2) is 119 Å². The Morgan fingerprint density at radius 2 is 0.851 bits per heavy atom. The summed E-state index contributed by atoms with van der Waals surface area (Å²) in [5.74, 6) is 2.45. The van der Waals surface area contributed by atoms with Gasteiger partial charge >= 0.3 is 10.4 Å². The van der Waals surface area contributed by atoms with Gasteiger partial charge in [0.15, 0.2) is 0 Å². The number of ether oxygens (including phenoxy) is 8. The van der Waals surface area contributed by atoms with Crippen molar-refractivity contribution in [2.75, 3.05) is 106 Å². The van der Waals surface area contributed by atoms with Crippen molar-refractivity contribution in [1.82, 2.24) is 0 Å². The third-order valence-corrected chi connectivity index (χ3v) is 8.28. The maximum Gasteiger partial charge on any atom is 0.397 e. The second-order valence-electron chi connectivity index (χ2n) is 11.3. The summed E-state index contributed by atoms with van der Waals surface area (Å²) in [7, 11) is -4.42. The van der Waals surface area contributed by atoms with Crippen molar-refractivity contribution in [3.8, 4) is 5.75 Å². The van der Waals surface area contributed by atoms with Gasteiger partial charge < -0.3 is 37.9 Å². The van der Waals surface area contributed by atoms with Crippen LogP contribution in [0.2, 0.25) is 0 Å². The number of hydrogen-bond acceptors (Lipinski definition) is 11. The third-order valence-electron chi connectivity index (χ3n) is 7.81. The Labute approximate surface area is 284 Å². The van der Waals surface area contributed by atoms with Crippen LogP contribution in [0.25, 0.3) is 0 Å². The van der Waals surface area contributed by atoms with E-state index in [-0.39, 0.29) is 19.8 Å². The highest BCUT2D eigenvalue weighted by Gasteiger charge is 2.24. The van der Waals surface area contributed by atoms with E-state index in [9.17, 15) is 8.42 Å². The molecule has 0 radical (unpaired) electrons. The molecule has 0 amide bonds. The zero-order valence-corrected chi connectivity index (χ0v) is 30.5. The molecular formula is C34H62O12S. The van der Waals surface area contributed by atoms with Gasteiger partial charge in [-0.25, -0.2) is 4.18 Å². The Morgan fingerprint density at radius 3 is 1.21 bits per heavy atom. The predicted molar refractivity (Wildman–Crippen MR) is 181 cm³/mol. The largest absolute Gasteiger partial charge is 0.491 e. The molecule has 0 saturated carbocycles. The monoisotopic (exact) mass is 694 g/mol. The molecule has 0 saturated heterocycles. The first-order chi connectivity index (χ1) is 22.7. The molecule has 0 aliphatic rings. The summed E-state index contributed by atoms with van der Waals surface area (Å²) in [5.41, 5.74) is 4.32. The van der Waals surface area contributed by atoms with E-state index in [1.54, 1.807) is 0 Å². The average molecular weight is 695 g/mol. The Balaban J connectivity index is 2.02. The summed E-state index contributed by atoms with van der Waals surface area (Å²) in [4.78, 5) is 0. The third kappa shape index (κ3) is 20.7. The standard InChI is InChI=1S/C34H62O12S/c1-7-28(4)31-10-11-32(34(30(6)9-3)33(31)29(5)8-2)45-26-24-43-22-20-41-18-16-39-14-12-38-13-15-40-17-19-42-21-23-44-25-27-46-47(35,36)37/h10-11,28-30H,7-9,12-27H2,1-6H3,(H,35,36,37). The molecule has 0 fully saturated rings. The molecular weight excluding hydrogens is 632 g/mol. The second kappa shape index (κ2) is 27.4. The van der Waals surface area contributed by atoms with E-state index in [4.69, 9.17) is 42.4 Å². The van der Waals surface area contributed by atoms with Gasteiger partial charge in [0.25, 0.3) is 0 Å². The van der Waals surface area contributed by atoms with Gasteiger partial charge in [0.05, 0.1) is 99.1 Å². The summed E-state index contributed by atoms with van der Waals surface area (Å²) < 4.78 is 77.7. The van der Waals surface area contributed by atoms with Gasteiger partial charge in [-0.05, 0) is 54.2 Å². The fourth-order valence-corrected chi connectivity index (χ4v) is 4.98. The molecule has 1 rings (SSSR count). The van der Waals surface area contributed by atoms with Crippen molar-refractivity contribution in [2.45, 2.75) is 78.6 Å². The van der Waals surface area contributed by atoms with Crippen LogP contribution in [0.15, 0.2) is 12.1 Å². The zero-order chi connectivity index (χ0) is 34.8. The number of rotatable bonds is 32. The van der Waals surface area contributed by atoms with Crippen molar-refractivity contribution >= 4 is 10.4 Å². The molecule has 1 N–H and O–H groups in total. The molecule has 0 heterocycles. The van der Waals surface area contributed by atoms with E-state index in [2.05, 4.69) is 57.9 Å². The van der Waals surface area contributed by atoms with Crippen molar-refractivity contribution in [1.29, 1.82) is 0 Å². The molecule has 1 aromatic rings. The van der Waals surface area contributed by atoms with E-state index in [0.29, 0.717) is 104 Å². The van der Waals surface area contributed by atoms with Gasteiger partial charge in [0, 0.05) is 5.56 Å². The quantitative estimate of drug-likeness (QED) is 0.0749. The lowest BCUT2D eigenvalue weighted by Crippen LogP contribution is -2.16. The second-order valence-corrected chi connectivity index (χ2v) is 12.4. The maximum atomic E-state index is 10.4. The van der Waals surface area contributed by atoms with Crippen LogP contribution in [0.1, 0.15) is 95.2 Å². The van der Waals surface area contributed by atoms with Crippen LogP contribution in [0.3, 0.4) is 0 Å². The van der Waals surface area contributed by atoms with E-state index in [0.717, 1.165) is 25.0 Å². The normalized spacial score (nSPS) is 13.9. The minimum atomic E-state index is -4.42. The Morgan fingerprint density at radius 1 is 0.511 bits per heavy atom. The van der Waals surface area contributed by atoms with E-state index >= 15 is 0 Å². The topological polar surface area (TPSA) is 137 Å². The van der Waals surface area contributed by atoms with Gasteiger partial charge in [-0.2, -0.15) is 8.42 Å². The lowest BCUT2D eigenvalue weighted by molar-refractivity contribution is -0.0219. The van der Waals surface area contributed by atoms with E-state index < -0.39 is 10.4 Å². The first-order valence-corrected chi connectivity index (χ1v) is 18.5. The zero-order valence-electron chi connectivity index (χ0n) is 29.7. The lowest BCUT2D eigenvalue weighted by atomic mass is 9.79. The van der Waals surface area contributed by atoms with Crippen molar-refractivity contribution in [3.63, 3.8) is 0 Å². The SMILES string of the molecule is CCC(C)c1ccc(OCCOCCOCCOCCOCCOCCOCCOCCOS(=O)(=O)O)c(C(C)CC)c1C(C)CC. The smallest absolute Gasteiger partial charge is 0.397 e. The minimum absolute atomic E-state index is 0.0350. The van der Waals surface area contributed by atoms with E-state index in [1.807, 2.05) is 0 Å². The van der Waals surface area contributed by atoms with Gasteiger partial charge in [0.1, 0.15) is 12.4 Å². The summed E-state index contributed by atoms with van der Waals surface area (Å²) in [6.07, 6.45) is 3.31. The summed E-state index contributed by atoms with van der Waals surface area (Å²) in [6, 6.07) is 4.44. The van der Waals surface area contributed by atoms with Crippen LogP contribution < -0.4 is 4.74 Å². The predicted octanol–water partition coefficient (Wildman–Crippen LogP) is 5.54. The molecule has 1 aromatic carbocycles. The van der Waals surface area contributed by atoms with Crippen LogP contribution >= 0.6 is 0 Å². The molecule has 0 aliphatic heterocycles. The fourth-order valence-electron chi connectivity index (χ4n) is 4.71. The van der Waals surface area contributed by atoms with Crippen LogP contribution in [0.4, 0.5) is 0 Å². The maximum absolute atomic E-state index is 10.4. The van der Waals surface area contributed by atoms with Crippen LogP contribution in [0, 0.1) is 0 Å². The molecule has 47 heavy (non-hydrogen) atoms. The van der Waals surface area contributed by atoms with E-state index in [1.165, 1.54) is 16.7 Å². The van der Waals surface area contributed by atoms with Crippen molar-refractivity contribution < 1.29 is 55.0 Å². The molecule has 0 spiro atoms. The van der Waals surface area contributed by atoms with Gasteiger partial charge in [-0.1, -0.05) is 47.6 Å². The molecule has 0 aromatic heterocycles. The van der Waals surface area contributed by atoms with Gasteiger partial charge in [-0.15, -0.1) is 0 Å².